The molecular formula is C10H15N5OS. The van der Waals surface area contributed by atoms with Gasteiger partial charge >= 0.3 is 0 Å². The average Bonchev–Trinajstić information content (AvgIpc) is 3.00. The smallest absolute Gasteiger partial charge is 0.261 e. The van der Waals surface area contributed by atoms with Crippen LogP contribution in [0.1, 0.15) is 38.6 Å². The Morgan fingerprint density at radius 3 is 2.94 bits per heavy atom. The third-order valence-corrected chi connectivity index (χ3v) is 3.01. The zero-order valence-corrected chi connectivity index (χ0v) is 10.7. The molecule has 1 unspecified atom stereocenters. The molecule has 0 saturated heterocycles. The number of aromatic nitrogens is 4. The molecule has 1 N–H and O–H groups in total. The van der Waals surface area contributed by atoms with Gasteiger partial charge in [0, 0.05) is 0 Å². The number of nitrogens with one attached hydrogen (secondary N) is 1. The fourth-order valence-corrected chi connectivity index (χ4v) is 1.90. The summed E-state index contributed by atoms with van der Waals surface area (Å²) in [5, 5.41) is 15.2. The number of hydrogen-bond donors (Lipinski definition) is 1. The first-order chi connectivity index (χ1) is 8.35. The predicted octanol–water partition coefficient (Wildman–Crippen LogP) is 2.04. The molecule has 0 aliphatic carbocycles. The summed E-state index contributed by atoms with van der Waals surface area (Å²) in [4.78, 5) is 0.800. The van der Waals surface area contributed by atoms with Crippen LogP contribution >= 0.6 is 11.5 Å². The van der Waals surface area contributed by atoms with Gasteiger partial charge in [0.2, 0.25) is 5.89 Å². The van der Waals surface area contributed by atoms with Crippen molar-refractivity contribution in [3.8, 4) is 10.8 Å². The Labute approximate surface area is 104 Å². The van der Waals surface area contributed by atoms with E-state index in [1.54, 1.807) is 6.20 Å². The van der Waals surface area contributed by atoms with Crippen LogP contribution in [-0.2, 0) is 0 Å². The van der Waals surface area contributed by atoms with E-state index >= 15 is 0 Å². The van der Waals surface area contributed by atoms with Gasteiger partial charge in [-0.2, -0.15) is 0 Å². The summed E-state index contributed by atoms with van der Waals surface area (Å²) in [7, 11) is 0. The van der Waals surface area contributed by atoms with E-state index in [1.165, 1.54) is 11.5 Å². The summed E-state index contributed by atoms with van der Waals surface area (Å²) in [5.41, 5.74) is 0. The molecule has 0 spiro atoms. The van der Waals surface area contributed by atoms with Gasteiger partial charge in [0.1, 0.15) is 4.88 Å². The highest BCUT2D eigenvalue weighted by molar-refractivity contribution is 7.09. The molecule has 1 atom stereocenters. The van der Waals surface area contributed by atoms with Crippen molar-refractivity contribution >= 4 is 11.5 Å². The van der Waals surface area contributed by atoms with Crippen LogP contribution in [0.25, 0.3) is 10.8 Å². The van der Waals surface area contributed by atoms with Crippen LogP contribution in [0.5, 0.6) is 0 Å². The molecule has 7 heteroatoms. The molecule has 0 aliphatic heterocycles. The predicted molar refractivity (Wildman–Crippen MR) is 64.5 cm³/mol. The van der Waals surface area contributed by atoms with Crippen molar-refractivity contribution in [2.24, 2.45) is 0 Å². The number of hydrogen-bond acceptors (Lipinski definition) is 7. The highest BCUT2D eigenvalue weighted by Crippen LogP contribution is 2.23. The highest BCUT2D eigenvalue weighted by atomic mass is 32.1. The molecule has 0 bridgehead atoms. The monoisotopic (exact) mass is 253 g/mol. The molecule has 2 aromatic heterocycles. The van der Waals surface area contributed by atoms with E-state index in [9.17, 15) is 0 Å². The zero-order valence-electron chi connectivity index (χ0n) is 9.88. The van der Waals surface area contributed by atoms with Gasteiger partial charge in [0.25, 0.3) is 5.89 Å². The largest absolute Gasteiger partial charge is 0.418 e. The van der Waals surface area contributed by atoms with E-state index in [1.807, 2.05) is 0 Å². The first-order valence-corrected chi connectivity index (χ1v) is 6.47. The lowest BCUT2D eigenvalue weighted by Gasteiger charge is -2.11. The fraction of sp³-hybridized carbons (Fsp3) is 0.600. The SMILES string of the molecule is CCCNC(CC)c1nnc(-c2cnns2)o1. The summed E-state index contributed by atoms with van der Waals surface area (Å²) in [6.45, 7) is 5.16. The molecule has 17 heavy (non-hydrogen) atoms. The number of rotatable bonds is 6. The molecule has 0 amide bonds. The molecule has 0 fully saturated rings. The van der Waals surface area contributed by atoms with E-state index in [4.69, 9.17) is 4.42 Å². The zero-order chi connectivity index (χ0) is 12.1. The third-order valence-electron chi connectivity index (χ3n) is 2.36. The van der Waals surface area contributed by atoms with Crippen molar-refractivity contribution in [2.45, 2.75) is 32.7 Å². The Balaban J connectivity index is 2.11. The van der Waals surface area contributed by atoms with Crippen LogP contribution in [0.15, 0.2) is 10.6 Å². The second-order valence-electron chi connectivity index (χ2n) is 3.64. The molecule has 92 valence electrons. The second kappa shape index (κ2) is 5.83. The van der Waals surface area contributed by atoms with Gasteiger partial charge in [-0.15, -0.1) is 15.3 Å². The molecule has 0 radical (unpaired) electrons. The van der Waals surface area contributed by atoms with E-state index in [2.05, 4.69) is 38.9 Å². The van der Waals surface area contributed by atoms with Crippen molar-refractivity contribution < 1.29 is 4.42 Å². The molecule has 0 saturated carbocycles. The minimum atomic E-state index is 0.122. The van der Waals surface area contributed by atoms with Gasteiger partial charge in [-0.3, -0.25) is 0 Å². The minimum Gasteiger partial charge on any atom is -0.418 e. The summed E-state index contributed by atoms with van der Waals surface area (Å²) in [5.74, 6) is 1.12. The lowest BCUT2D eigenvalue weighted by atomic mass is 10.2. The molecular weight excluding hydrogens is 238 g/mol. The lowest BCUT2D eigenvalue weighted by Crippen LogP contribution is -2.21. The Kier molecular flexibility index (Phi) is 4.16. The van der Waals surface area contributed by atoms with E-state index in [0.29, 0.717) is 11.8 Å². The van der Waals surface area contributed by atoms with Crippen LogP contribution in [0.3, 0.4) is 0 Å². The van der Waals surface area contributed by atoms with Crippen molar-refractivity contribution in [3.63, 3.8) is 0 Å². The normalized spacial score (nSPS) is 12.8. The first-order valence-electron chi connectivity index (χ1n) is 5.69. The minimum absolute atomic E-state index is 0.122. The lowest BCUT2D eigenvalue weighted by molar-refractivity contribution is 0.396. The summed E-state index contributed by atoms with van der Waals surface area (Å²) in [6.07, 6.45) is 3.63. The van der Waals surface area contributed by atoms with Gasteiger partial charge in [-0.25, -0.2) is 0 Å². The van der Waals surface area contributed by atoms with Crippen molar-refractivity contribution in [2.75, 3.05) is 6.54 Å². The van der Waals surface area contributed by atoms with Gasteiger partial charge in [-0.1, -0.05) is 18.3 Å². The Morgan fingerprint density at radius 1 is 1.41 bits per heavy atom. The molecule has 2 aromatic rings. The topological polar surface area (TPSA) is 76.7 Å². The molecule has 6 nitrogen and oxygen atoms in total. The van der Waals surface area contributed by atoms with Crippen LogP contribution < -0.4 is 5.32 Å². The van der Waals surface area contributed by atoms with Gasteiger partial charge in [-0.05, 0) is 30.9 Å². The Morgan fingerprint density at radius 2 is 2.29 bits per heavy atom. The van der Waals surface area contributed by atoms with Crippen LogP contribution in [0.2, 0.25) is 0 Å². The highest BCUT2D eigenvalue weighted by Gasteiger charge is 2.17. The summed E-state index contributed by atoms with van der Waals surface area (Å²) in [6, 6.07) is 0.122. The van der Waals surface area contributed by atoms with E-state index in [0.717, 1.165) is 24.3 Å². The Hall–Kier alpha value is -1.34. The fourth-order valence-electron chi connectivity index (χ4n) is 1.46. The van der Waals surface area contributed by atoms with Crippen LogP contribution in [0.4, 0.5) is 0 Å². The quantitative estimate of drug-likeness (QED) is 0.849. The molecule has 0 aliphatic rings. The maximum Gasteiger partial charge on any atom is 0.261 e. The van der Waals surface area contributed by atoms with Gasteiger partial charge in [0.05, 0.1) is 12.2 Å². The molecule has 2 rings (SSSR count). The van der Waals surface area contributed by atoms with Crippen molar-refractivity contribution in [3.05, 3.63) is 12.1 Å². The maximum atomic E-state index is 5.62. The van der Waals surface area contributed by atoms with Gasteiger partial charge in [0.15, 0.2) is 0 Å². The van der Waals surface area contributed by atoms with E-state index < -0.39 is 0 Å². The van der Waals surface area contributed by atoms with Crippen LogP contribution in [0, 0.1) is 0 Å². The summed E-state index contributed by atoms with van der Waals surface area (Å²) < 4.78 is 9.39. The first kappa shape index (κ1) is 12.1. The average molecular weight is 253 g/mol. The van der Waals surface area contributed by atoms with Crippen molar-refractivity contribution in [1.82, 2.24) is 25.1 Å². The van der Waals surface area contributed by atoms with Crippen LogP contribution in [-0.4, -0.2) is 26.3 Å². The number of nitrogens with zero attached hydrogens (tertiary/aromatic N) is 4. The van der Waals surface area contributed by atoms with E-state index in [-0.39, 0.29) is 6.04 Å². The maximum absolute atomic E-state index is 5.62. The molecule has 0 aromatic carbocycles. The van der Waals surface area contributed by atoms with Crippen molar-refractivity contribution in [1.29, 1.82) is 0 Å². The Bertz CT molecular complexity index is 441. The molecule has 2 heterocycles. The van der Waals surface area contributed by atoms with Gasteiger partial charge < -0.3 is 9.73 Å². The second-order valence-corrected chi connectivity index (χ2v) is 4.43. The third kappa shape index (κ3) is 2.86. The standard InChI is InChI=1S/C10H15N5OS/c1-3-5-11-7(4-2)9-13-14-10(16-9)8-6-12-15-17-8/h6-7,11H,3-5H2,1-2H3. The summed E-state index contributed by atoms with van der Waals surface area (Å²) >= 11 is 1.25.